The Labute approximate surface area is 169 Å². The van der Waals surface area contributed by atoms with E-state index in [1.54, 1.807) is 9.20 Å². The molecule has 0 amide bonds. The van der Waals surface area contributed by atoms with Gasteiger partial charge in [-0.25, -0.2) is 9.50 Å². The molecule has 0 spiro atoms. The molecule has 5 rings (SSSR count). The summed E-state index contributed by atoms with van der Waals surface area (Å²) in [6.45, 7) is 2.78. The number of aromatic nitrogens is 8. The number of rotatable bonds is 4. The van der Waals surface area contributed by atoms with Crippen LogP contribution in [0, 0.1) is 13.8 Å². The molecule has 156 valence electrons. The molecule has 0 N–H and O–H groups in total. The normalized spacial score (nSPS) is 19.0. The third kappa shape index (κ3) is 3.33. The van der Waals surface area contributed by atoms with Crippen molar-refractivity contribution >= 4 is 5.78 Å². The van der Waals surface area contributed by atoms with Crippen LogP contribution in [0.2, 0.25) is 0 Å². The van der Waals surface area contributed by atoms with Crippen LogP contribution in [0.15, 0.2) is 24.5 Å². The highest BCUT2D eigenvalue weighted by Crippen LogP contribution is 2.54. The molecule has 4 heterocycles. The van der Waals surface area contributed by atoms with E-state index >= 15 is 0 Å². The van der Waals surface area contributed by atoms with Gasteiger partial charge in [0.15, 0.2) is 0 Å². The second-order valence-corrected chi connectivity index (χ2v) is 7.80. The van der Waals surface area contributed by atoms with E-state index in [9.17, 15) is 13.2 Å². The molecule has 1 saturated carbocycles. The molecular weight excluding hydrogens is 397 g/mol. The fourth-order valence-electron chi connectivity index (χ4n) is 3.89. The Balaban J connectivity index is 1.39. The zero-order chi connectivity index (χ0) is 21.2. The van der Waals surface area contributed by atoms with Crippen molar-refractivity contribution in [1.29, 1.82) is 0 Å². The minimum atomic E-state index is -4.28. The SMILES string of the molecule is Cc1cc(C)n2nc(-c3cc(C4CC4c4cnn(CC(F)(F)F)c4)nn3C)nc2n1. The van der Waals surface area contributed by atoms with Gasteiger partial charge in [0.05, 0.1) is 11.9 Å². The van der Waals surface area contributed by atoms with Crippen LogP contribution in [-0.4, -0.2) is 45.3 Å². The van der Waals surface area contributed by atoms with E-state index < -0.39 is 12.7 Å². The molecule has 2 atom stereocenters. The molecule has 0 radical (unpaired) electrons. The lowest BCUT2D eigenvalue weighted by Crippen LogP contribution is -2.17. The van der Waals surface area contributed by atoms with Gasteiger partial charge in [-0.05, 0) is 43.9 Å². The number of halogens is 3. The third-order valence-electron chi connectivity index (χ3n) is 5.34. The molecule has 1 aliphatic carbocycles. The zero-order valence-electron chi connectivity index (χ0n) is 16.6. The Morgan fingerprint density at radius 2 is 1.90 bits per heavy atom. The van der Waals surface area contributed by atoms with E-state index in [4.69, 9.17) is 0 Å². The maximum Gasteiger partial charge on any atom is 0.408 e. The standard InChI is InChI=1S/C19H19F3N8/c1-10-4-11(2)30-18(24-10)25-17(27-30)16-6-15(26-28(16)3)14-5-13(14)12-7-23-29(8-12)9-19(20,21)22/h4,6-8,13-14H,5,9H2,1-3H3. The fraction of sp³-hybridized carbons (Fsp3) is 0.421. The third-order valence-corrected chi connectivity index (χ3v) is 5.34. The van der Waals surface area contributed by atoms with Crippen molar-refractivity contribution in [3.8, 4) is 11.5 Å². The number of hydrogen-bond donors (Lipinski definition) is 0. The summed E-state index contributed by atoms with van der Waals surface area (Å²) < 4.78 is 42.0. The summed E-state index contributed by atoms with van der Waals surface area (Å²) in [4.78, 5) is 8.95. The zero-order valence-corrected chi connectivity index (χ0v) is 16.6. The first kappa shape index (κ1) is 18.8. The van der Waals surface area contributed by atoms with Gasteiger partial charge < -0.3 is 0 Å². The predicted octanol–water partition coefficient (Wildman–Crippen LogP) is 3.17. The molecular formula is C19H19F3N8. The lowest BCUT2D eigenvalue weighted by atomic mass is 10.1. The van der Waals surface area contributed by atoms with Gasteiger partial charge >= 0.3 is 6.18 Å². The molecule has 8 nitrogen and oxygen atoms in total. The lowest BCUT2D eigenvalue weighted by Gasteiger charge is -2.04. The van der Waals surface area contributed by atoms with Crippen molar-refractivity contribution in [2.75, 3.05) is 0 Å². The van der Waals surface area contributed by atoms with Gasteiger partial charge in [-0.15, -0.1) is 5.10 Å². The van der Waals surface area contributed by atoms with Crippen molar-refractivity contribution in [2.24, 2.45) is 7.05 Å². The van der Waals surface area contributed by atoms with E-state index in [1.807, 2.05) is 33.0 Å². The number of aryl methyl sites for hydroxylation is 3. The van der Waals surface area contributed by atoms with Gasteiger partial charge in [-0.1, -0.05) is 0 Å². The summed E-state index contributed by atoms with van der Waals surface area (Å²) in [5.41, 5.74) is 4.26. The van der Waals surface area contributed by atoms with E-state index in [0.717, 1.165) is 39.4 Å². The van der Waals surface area contributed by atoms with Crippen molar-refractivity contribution < 1.29 is 13.2 Å². The highest BCUT2D eigenvalue weighted by Gasteiger charge is 2.42. The molecule has 0 bridgehead atoms. The van der Waals surface area contributed by atoms with E-state index in [0.29, 0.717) is 11.6 Å². The molecule has 1 aliphatic rings. The fourth-order valence-corrected chi connectivity index (χ4v) is 3.89. The topological polar surface area (TPSA) is 78.7 Å². The maximum absolute atomic E-state index is 12.5. The highest BCUT2D eigenvalue weighted by molar-refractivity contribution is 5.54. The van der Waals surface area contributed by atoms with Crippen LogP contribution in [0.1, 0.15) is 40.9 Å². The molecule has 4 aromatic rings. The van der Waals surface area contributed by atoms with E-state index in [2.05, 4.69) is 25.3 Å². The average Bonchev–Trinajstić information content (AvgIpc) is 2.96. The highest BCUT2D eigenvalue weighted by atomic mass is 19.4. The van der Waals surface area contributed by atoms with Crippen molar-refractivity contribution in [2.45, 2.75) is 44.8 Å². The summed E-state index contributed by atoms with van der Waals surface area (Å²) >= 11 is 0. The van der Waals surface area contributed by atoms with Crippen molar-refractivity contribution in [3.05, 3.63) is 47.2 Å². The largest absolute Gasteiger partial charge is 0.408 e. The van der Waals surface area contributed by atoms with E-state index in [1.165, 1.54) is 12.4 Å². The summed E-state index contributed by atoms with van der Waals surface area (Å²) in [5, 5.41) is 13.0. The Morgan fingerprint density at radius 3 is 2.67 bits per heavy atom. The van der Waals surface area contributed by atoms with Crippen LogP contribution in [0.5, 0.6) is 0 Å². The van der Waals surface area contributed by atoms with Crippen LogP contribution in [0.25, 0.3) is 17.3 Å². The van der Waals surface area contributed by atoms with Crippen molar-refractivity contribution in [3.63, 3.8) is 0 Å². The summed E-state index contributed by atoms with van der Waals surface area (Å²) in [6.07, 6.45) is -0.468. The quantitative estimate of drug-likeness (QED) is 0.511. The summed E-state index contributed by atoms with van der Waals surface area (Å²) in [7, 11) is 1.83. The van der Waals surface area contributed by atoms with Crippen LogP contribution in [0.4, 0.5) is 13.2 Å². The molecule has 30 heavy (non-hydrogen) atoms. The second kappa shape index (κ2) is 6.38. The molecule has 0 saturated heterocycles. The Hall–Kier alpha value is -3.24. The number of nitrogens with zero attached hydrogens (tertiary/aromatic N) is 8. The first-order chi connectivity index (χ1) is 14.2. The molecule has 4 aromatic heterocycles. The number of hydrogen-bond acceptors (Lipinski definition) is 5. The molecule has 11 heteroatoms. The molecule has 2 unspecified atom stereocenters. The lowest BCUT2D eigenvalue weighted by molar-refractivity contribution is -0.142. The predicted molar refractivity (Wildman–Crippen MR) is 101 cm³/mol. The second-order valence-electron chi connectivity index (χ2n) is 7.80. The maximum atomic E-state index is 12.5. The summed E-state index contributed by atoms with van der Waals surface area (Å²) in [5.74, 6) is 1.34. The Morgan fingerprint density at radius 1 is 1.10 bits per heavy atom. The molecule has 0 aromatic carbocycles. The van der Waals surface area contributed by atoms with Crippen LogP contribution in [0.3, 0.4) is 0 Å². The van der Waals surface area contributed by atoms with Gasteiger partial charge in [-0.3, -0.25) is 9.36 Å². The van der Waals surface area contributed by atoms with Gasteiger partial charge in [0.25, 0.3) is 5.78 Å². The van der Waals surface area contributed by atoms with Crippen LogP contribution >= 0.6 is 0 Å². The summed E-state index contributed by atoms with van der Waals surface area (Å²) in [6, 6.07) is 3.88. The minimum absolute atomic E-state index is 0.121. The molecule has 1 fully saturated rings. The first-order valence-electron chi connectivity index (χ1n) is 9.52. The minimum Gasteiger partial charge on any atom is -0.264 e. The van der Waals surface area contributed by atoms with E-state index in [-0.39, 0.29) is 11.8 Å². The smallest absolute Gasteiger partial charge is 0.264 e. The number of fused-ring (bicyclic) bond motifs is 1. The van der Waals surface area contributed by atoms with Crippen LogP contribution in [-0.2, 0) is 13.6 Å². The Kier molecular flexibility index (Phi) is 3.99. The van der Waals surface area contributed by atoms with Gasteiger partial charge in [0.2, 0.25) is 5.82 Å². The average molecular weight is 416 g/mol. The van der Waals surface area contributed by atoms with Gasteiger partial charge in [0, 0.05) is 30.6 Å². The van der Waals surface area contributed by atoms with Gasteiger partial charge in [0.1, 0.15) is 12.2 Å². The van der Waals surface area contributed by atoms with Crippen LogP contribution < -0.4 is 0 Å². The first-order valence-corrected chi connectivity index (χ1v) is 9.52. The van der Waals surface area contributed by atoms with Gasteiger partial charge in [-0.2, -0.15) is 28.4 Å². The van der Waals surface area contributed by atoms with Crippen molar-refractivity contribution in [1.82, 2.24) is 39.1 Å². The Bertz CT molecular complexity index is 1250. The molecule has 0 aliphatic heterocycles. The monoisotopic (exact) mass is 416 g/mol. The number of alkyl halides is 3.